The lowest BCUT2D eigenvalue weighted by molar-refractivity contribution is -0.138. The molecule has 2 heterocycles. The van der Waals surface area contributed by atoms with Gasteiger partial charge >= 0.3 is 6.18 Å². The average Bonchev–Trinajstić information content (AvgIpc) is 2.61. The third kappa shape index (κ3) is 4.41. The molecule has 4 nitrogen and oxygen atoms in total. The number of nitrogens with one attached hydrogen (secondary N) is 1. The van der Waals surface area contributed by atoms with Crippen molar-refractivity contribution >= 4 is 44.4 Å². The van der Waals surface area contributed by atoms with Gasteiger partial charge < -0.3 is 5.32 Å². The number of halogens is 4. The fourth-order valence-electron chi connectivity index (χ4n) is 3.00. The number of benzene rings is 1. The van der Waals surface area contributed by atoms with Crippen LogP contribution in [-0.2, 0) is 6.18 Å². The Morgan fingerprint density at radius 3 is 2.68 bits per heavy atom. The molecular formula is C19H18BrF3N4S. The van der Waals surface area contributed by atoms with E-state index in [0.717, 1.165) is 17.2 Å². The maximum Gasteiger partial charge on any atom is 0.416 e. The minimum Gasteiger partial charge on any atom is -0.363 e. The van der Waals surface area contributed by atoms with E-state index in [1.54, 1.807) is 18.3 Å². The Hall–Kier alpha value is -1.87. The molecule has 0 spiro atoms. The number of thioether (sulfide) groups is 1. The van der Waals surface area contributed by atoms with Gasteiger partial charge in [0, 0.05) is 5.39 Å². The average molecular weight is 471 g/mol. The molecule has 1 atom stereocenters. The summed E-state index contributed by atoms with van der Waals surface area (Å²) in [6, 6.07) is 5.64. The van der Waals surface area contributed by atoms with Crippen LogP contribution in [0.5, 0.6) is 0 Å². The highest BCUT2D eigenvalue weighted by atomic mass is 79.9. The molecule has 0 aliphatic rings. The van der Waals surface area contributed by atoms with Crippen molar-refractivity contribution in [1.29, 1.82) is 0 Å². The molecule has 0 saturated carbocycles. The molecule has 3 rings (SSSR count). The predicted molar refractivity (Wildman–Crippen MR) is 110 cm³/mol. The molecule has 0 radical (unpaired) electrons. The van der Waals surface area contributed by atoms with Crippen LogP contribution in [-0.4, -0.2) is 20.7 Å². The molecule has 0 fully saturated rings. The minimum atomic E-state index is -4.39. The maximum atomic E-state index is 13.3. The van der Waals surface area contributed by atoms with Gasteiger partial charge in [-0.25, -0.2) is 15.0 Å². The molecule has 28 heavy (non-hydrogen) atoms. The largest absolute Gasteiger partial charge is 0.416 e. The summed E-state index contributed by atoms with van der Waals surface area (Å²) < 4.78 is 40.4. The van der Waals surface area contributed by atoms with E-state index in [4.69, 9.17) is 0 Å². The molecular weight excluding hydrogens is 453 g/mol. The Labute approximate surface area is 173 Å². The van der Waals surface area contributed by atoms with Gasteiger partial charge in [0.15, 0.2) is 5.16 Å². The van der Waals surface area contributed by atoms with E-state index in [-0.39, 0.29) is 11.6 Å². The molecule has 0 amide bonds. The van der Waals surface area contributed by atoms with Crippen LogP contribution < -0.4 is 5.32 Å². The van der Waals surface area contributed by atoms with E-state index in [1.165, 1.54) is 24.8 Å². The van der Waals surface area contributed by atoms with Crippen molar-refractivity contribution in [2.24, 2.45) is 0 Å². The molecule has 2 aromatic heterocycles. The second kappa shape index (κ2) is 8.24. The molecule has 1 aromatic carbocycles. The van der Waals surface area contributed by atoms with E-state index in [1.807, 2.05) is 13.8 Å². The molecule has 9 heteroatoms. The van der Waals surface area contributed by atoms with Gasteiger partial charge in [-0.2, -0.15) is 13.2 Å². The number of rotatable bonds is 5. The summed E-state index contributed by atoms with van der Waals surface area (Å²) in [5, 5.41) is 4.61. The zero-order valence-electron chi connectivity index (χ0n) is 15.4. The van der Waals surface area contributed by atoms with E-state index < -0.39 is 11.7 Å². The Kier molecular flexibility index (Phi) is 6.14. The van der Waals surface area contributed by atoms with Crippen LogP contribution in [0.25, 0.3) is 10.9 Å². The first-order valence-corrected chi connectivity index (χ1v) is 10.4. The lowest BCUT2D eigenvalue weighted by Crippen LogP contribution is -2.14. The molecule has 0 unspecified atom stereocenters. The minimum absolute atomic E-state index is 0.208. The highest BCUT2D eigenvalue weighted by Gasteiger charge is 2.33. The number of alkyl halides is 3. The molecule has 1 N–H and O–H groups in total. The predicted octanol–water partition coefficient (Wildman–Crippen LogP) is 6.40. The van der Waals surface area contributed by atoms with Crippen molar-refractivity contribution in [2.75, 3.05) is 11.1 Å². The fraction of sp³-hybridized carbons (Fsp3) is 0.316. The number of nitrogens with zero attached hydrogens (tertiary/aromatic N) is 3. The summed E-state index contributed by atoms with van der Waals surface area (Å²) in [6.45, 7) is 5.31. The van der Waals surface area contributed by atoms with Crippen LogP contribution in [0.2, 0.25) is 0 Å². The lowest BCUT2D eigenvalue weighted by Gasteiger charge is -2.21. The summed E-state index contributed by atoms with van der Waals surface area (Å²) in [5.41, 5.74) is 0.823. The third-order valence-corrected chi connectivity index (χ3v) is 5.47. The topological polar surface area (TPSA) is 50.7 Å². The summed E-state index contributed by atoms with van der Waals surface area (Å²) in [7, 11) is 0. The Balaban J connectivity index is 2.04. The van der Waals surface area contributed by atoms with E-state index in [0.29, 0.717) is 26.7 Å². The van der Waals surface area contributed by atoms with Crippen molar-refractivity contribution in [2.45, 2.75) is 38.1 Å². The number of anilines is 1. The molecule has 3 aromatic rings. The smallest absolute Gasteiger partial charge is 0.363 e. The molecule has 0 aliphatic heterocycles. The first-order chi connectivity index (χ1) is 13.2. The number of aromatic nitrogens is 3. The quantitative estimate of drug-likeness (QED) is 0.265. The second-order valence-corrected chi connectivity index (χ2v) is 8.24. The molecule has 148 valence electrons. The van der Waals surface area contributed by atoms with Crippen molar-refractivity contribution in [3.8, 4) is 0 Å². The standard InChI is InChI=1S/C19H18BrF3N4S/c1-4-28-18-26-15-9-24-16(20)8-13(15)17(27-18)25-11(3)12-6-5-7-14(10(12)2)19(21,22)23/h5-9,11H,4H2,1-3H3,(H,25,26,27)/t11-/m1/s1. The van der Waals surface area contributed by atoms with E-state index >= 15 is 0 Å². The Bertz CT molecular complexity index is 1010. The van der Waals surface area contributed by atoms with Crippen molar-refractivity contribution < 1.29 is 13.2 Å². The summed E-state index contributed by atoms with van der Waals surface area (Å²) >= 11 is 4.84. The van der Waals surface area contributed by atoms with Crippen LogP contribution in [0.1, 0.15) is 36.6 Å². The van der Waals surface area contributed by atoms with Crippen molar-refractivity contribution in [1.82, 2.24) is 15.0 Å². The van der Waals surface area contributed by atoms with Gasteiger partial charge in [-0.15, -0.1) is 0 Å². The maximum absolute atomic E-state index is 13.3. The first-order valence-electron chi connectivity index (χ1n) is 8.60. The van der Waals surface area contributed by atoms with Crippen LogP contribution in [0.15, 0.2) is 40.2 Å². The molecule has 0 aliphatic carbocycles. The second-order valence-electron chi connectivity index (χ2n) is 6.20. The highest BCUT2D eigenvalue weighted by Crippen LogP contribution is 2.36. The molecule has 0 bridgehead atoms. The first kappa shape index (κ1) is 20.9. The number of hydrogen-bond acceptors (Lipinski definition) is 5. The van der Waals surface area contributed by atoms with Gasteiger partial charge in [0.2, 0.25) is 0 Å². The summed E-state index contributed by atoms with van der Waals surface area (Å²) in [6.07, 6.45) is -2.74. The zero-order chi connectivity index (χ0) is 20.5. The van der Waals surface area contributed by atoms with E-state index in [2.05, 4.69) is 36.2 Å². The van der Waals surface area contributed by atoms with Gasteiger partial charge in [0.05, 0.1) is 23.3 Å². The van der Waals surface area contributed by atoms with Crippen LogP contribution in [0.4, 0.5) is 19.0 Å². The van der Waals surface area contributed by atoms with Gasteiger partial charge in [-0.1, -0.05) is 30.8 Å². The number of hydrogen-bond donors (Lipinski definition) is 1. The van der Waals surface area contributed by atoms with Crippen LogP contribution >= 0.6 is 27.7 Å². The third-order valence-electron chi connectivity index (χ3n) is 4.30. The zero-order valence-corrected chi connectivity index (χ0v) is 17.8. The summed E-state index contributed by atoms with van der Waals surface area (Å²) in [5.74, 6) is 1.37. The van der Waals surface area contributed by atoms with E-state index in [9.17, 15) is 13.2 Å². The van der Waals surface area contributed by atoms with Gasteiger partial charge in [-0.05, 0) is 58.8 Å². The van der Waals surface area contributed by atoms with Crippen LogP contribution in [0, 0.1) is 6.92 Å². The summed E-state index contributed by atoms with van der Waals surface area (Å²) in [4.78, 5) is 13.3. The Morgan fingerprint density at radius 1 is 1.25 bits per heavy atom. The van der Waals surface area contributed by atoms with Crippen molar-refractivity contribution in [3.63, 3.8) is 0 Å². The SMILES string of the molecule is CCSc1nc(N[C@H](C)c2cccc(C(F)(F)F)c2C)c2cc(Br)ncc2n1. The normalized spacial score (nSPS) is 13.0. The number of fused-ring (bicyclic) bond motifs is 1. The highest BCUT2D eigenvalue weighted by molar-refractivity contribution is 9.10. The fourth-order valence-corrected chi connectivity index (χ4v) is 3.91. The Morgan fingerprint density at radius 2 is 2.00 bits per heavy atom. The van der Waals surface area contributed by atoms with Gasteiger partial charge in [0.1, 0.15) is 10.4 Å². The van der Waals surface area contributed by atoms with Crippen LogP contribution in [0.3, 0.4) is 0 Å². The lowest BCUT2D eigenvalue weighted by atomic mass is 9.97. The van der Waals surface area contributed by atoms with Gasteiger partial charge in [0.25, 0.3) is 0 Å². The van der Waals surface area contributed by atoms with Crippen molar-refractivity contribution in [3.05, 3.63) is 51.8 Å². The number of pyridine rings is 1. The molecule has 0 saturated heterocycles. The monoisotopic (exact) mass is 470 g/mol. The van der Waals surface area contributed by atoms with Gasteiger partial charge in [-0.3, -0.25) is 0 Å².